The zero-order valence-corrected chi connectivity index (χ0v) is 15.2. The van der Waals surface area contributed by atoms with Crippen LogP contribution in [0.25, 0.3) is 0 Å². The minimum absolute atomic E-state index is 0.00663. The van der Waals surface area contributed by atoms with Crippen molar-refractivity contribution in [1.29, 1.82) is 0 Å². The van der Waals surface area contributed by atoms with E-state index < -0.39 is 10.0 Å². The van der Waals surface area contributed by atoms with Crippen LogP contribution >= 0.6 is 0 Å². The average molecular weight is 330 g/mol. The predicted molar refractivity (Wildman–Crippen MR) is 85.0 cm³/mol. The maximum atomic E-state index is 12.3. The fraction of sp³-hybridized carbons (Fsp3) is 0.714. The Morgan fingerprint density at radius 2 is 1.82 bits per heavy atom. The molecule has 0 saturated heterocycles. The predicted octanol–water partition coefficient (Wildman–Crippen LogP) is 0.911. The van der Waals surface area contributed by atoms with Crippen LogP contribution in [0.2, 0.25) is 0 Å². The average Bonchev–Trinajstić information content (AvgIpc) is 2.63. The van der Waals surface area contributed by atoms with Crippen molar-refractivity contribution in [3.63, 3.8) is 0 Å². The molecule has 22 heavy (non-hydrogen) atoms. The molecule has 8 heteroatoms. The SMILES string of the molecule is Cc1nn(CC(=O)NC(C)C(C)C)c(C)c1S(=O)(=O)N(C)C. The number of nitrogens with one attached hydrogen (secondary N) is 1. The second-order valence-electron chi connectivity index (χ2n) is 6.05. The van der Waals surface area contributed by atoms with Crippen molar-refractivity contribution in [2.45, 2.75) is 52.1 Å². The molecule has 7 nitrogen and oxygen atoms in total. The van der Waals surface area contributed by atoms with Gasteiger partial charge in [0, 0.05) is 20.1 Å². The Bertz CT molecular complexity index is 647. The Hall–Kier alpha value is -1.41. The van der Waals surface area contributed by atoms with E-state index >= 15 is 0 Å². The zero-order chi connectivity index (χ0) is 17.2. The summed E-state index contributed by atoms with van der Waals surface area (Å²) in [5, 5.41) is 7.09. The third-order valence-corrected chi connectivity index (χ3v) is 5.80. The smallest absolute Gasteiger partial charge is 0.246 e. The summed E-state index contributed by atoms with van der Waals surface area (Å²) in [6.07, 6.45) is 0. The second-order valence-corrected chi connectivity index (χ2v) is 8.13. The van der Waals surface area contributed by atoms with Crippen molar-refractivity contribution in [3.8, 4) is 0 Å². The summed E-state index contributed by atoms with van der Waals surface area (Å²) < 4.78 is 27.2. The second kappa shape index (κ2) is 6.78. The highest BCUT2D eigenvalue weighted by Crippen LogP contribution is 2.21. The van der Waals surface area contributed by atoms with Crippen molar-refractivity contribution in [2.75, 3.05) is 14.1 Å². The van der Waals surface area contributed by atoms with Gasteiger partial charge in [0.1, 0.15) is 11.4 Å². The van der Waals surface area contributed by atoms with Gasteiger partial charge in [-0.2, -0.15) is 5.10 Å². The van der Waals surface area contributed by atoms with Gasteiger partial charge in [-0.25, -0.2) is 12.7 Å². The fourth-order valence-corrected chi connectivity index (χ4v) is 3.25. The van der Waals surface area contributed by atoms with Crippen LogP contribution < -0.4 is 5.32 Å². The molecule has 1 aromatic rings. The number of hydrogen-bond acceptors (Lipinski definition) is 4. The first-order valence-corrected chi connectivity index (χ1v) is 8.68. The van der Waals surface area contributed by atoms with Gasteiger partial charge in [-0.05, 0) is 26.7 Å². The molecule has 1 atom stereocenters. The molecule has 0 aliphatic rings. The van der Waals surface area contributed by atoms with E-state index in [4.69, 9.17) is 0 Å². The van der Waals surface area contributed by atoms with Gasteiger partial charge < -0.3 is 5.32 Å². The Balaban J connectivity index is 3.03. The molecular formula is C14H26N4O3S. The summed E-state index contributed by atoms with van der Waals surface area (Å²) in [4.78, 5) is 12.2. The van der Waals surface area contributed by atoms with E-state index in [0.29, 0.717) is 17.3 Å². The lowest BCUT2D eigenvalue weighted by atomic mass is 10.1. The minimum Gasteiger partial charge on any atom is -0.352 e. The molecule has 1 heterocycles. The van der Waals surface area contributed by atoms with Gasteiger partial charge in [0.2, 0.25) is 15.9 Å². The largest absolute Gasteiger partial charge is 0.352 e. The topological polar surface area (TPSA) is 84.3 Å². The number of rotatable bonds is 6. The molecule has 0 bridgehead atoms. The molecule has 1 aromatic heterocycles. The molecule has 0 saturated carbocycles. The molecule has 0 aromatic carbocycles. The van der Waals surface area contributed by atoms with Crippen LogP contribution in [0, 0.1) is 19.8 Å². The van der Waals surface area contributed by atoms with Crippen LogP contribution in [0.3, 0.4) is 0 Å². The Morgan fingerprint density at radius 1 is 1.27 bits per heavy atom. The van der Waals surface area contributed by atoms with Crippen LogP contribution in [0.15, 0.2) is 4.90 Å². The summed E-state index contributed by atoms with van der Waals surface area (Å²) in [7, 11) is -0.622. The van der Waals surface area contributed by atoms with Crippen LogP contribution in [-0.2, 0) is 21.4 Å². The highest BCUT2D eigenvalue weighted by Gasteiger charge is 2.27. The molecule has 1 rings (SSSR count). The number of amides is 1. The van der Waals surface area contributed by atoms with E-state index in [1.54, 1.807) is 13.8 Å². The van der Waals surface area contributed by atoms with Gasteiger partial charge in [0.15, 0.2) is 0 Å². The molecule has 126 valence electrons. The summed E-state index contributed by atoms with van der Waals surface area (Å²) >= 11 is 0. The fourth-order valence-electron chi connectivity index (χ4n) is 1.99. The highest BCUT2D eigenvalue weighted by molar-refractivity contribution is 7.89. The maximum Gasteiger partial charge on any atom is 0.246 e. The molecule has 0 aliphatic heterocycles. The molecular weight excluding hydrogens is 304 g/mol. The van der Waals surface area contributed by atoms with E-state index in [0.717, 1.165) is 4.31 Å². The maximum absolute atomic E-state index is 12.3. The number of carbonyl (C=O) groups excluding carboxylic acids is 1. The van der Waals surface area contributed by atoms with Crippen LogP contribution in [0.1, 0.15) is 32.2 Å². The summed E-state index contributed by atoms with van der Waals surface area (Å²) in [6.45, 7) is 9.29. The van der Waals surface area contributed by atoms with Crippen LogP contribution in [0.4, 0.5) is 0 Å². The van der Waals surface area contributed by atoms with E-state index in [-0.39, 0.29) is 23.4 Å². The number of carbonyl (C=O) groups is 1. The standard InChI is InChI=1S/C14H26N4O3S/c1-9(2)10(3)15-13(19)8-18-12(5)14(11(4)16-18)22(20,21)17(6)7/h9-10H,8H2,1-7H3,(H,15,19). The highest BCUT2D eigenvalue weighted by atomic mass is 32.2. The van der Waals surface area contributed by atoms with Gasteiger partial charge >= 0.3 is 0 Å². The summed E-state index contributed by atoms with van der Waals surface area (Å²) in [5.74, 6) is 0.148. The first-order chi connectivity index (χ1) is 9.98. The van der Waals surface area contributed by atoms with Crippen molar-refractivity contribution in [1.82, 2.24) is 19.4 Å². The minimum atomic E-state index is -3.57. The van der Waals surface area contributed by atoms with Crippen molar-refractivity contribution < 1.29 is 13.2 Å². The monoisotopic (exact) mass is 330 g/mol. The van der Waals surface area contributed by atoms with Gasteiger partial charge in [0.05, 0.1) is 11.4 Å². The van der Waals surface area contributed by atoms with E-state index in [9.17, 15) is 13.2 Å². The molecule has 1 unspecified atom stereocenters. The van der Waals surface area contributed by atoms with Gasteiger partial charge in [0.25, 0.3) is 0 Å². The molecule has 0 spiro atoms. The molecule has 1 amide bonds. The summed E-state index contributed by atoms with van der Waals surface area (Å²) in [6, 6.07) is 0.0504. The van der Waals surface area contributed by atoms with Gasteiger partial charge in [-0.3, -0.25) is 9.48 Å². The molecule has 0 aliphatic carbocycles. The van der Waals surface area contributed by atoms with Gasteiger partial charge in [-0.15, -0.1) is 0 Å². The van der Waals surface area contributed by atoms with Gasteiger partial charge in [-0.1, -0.05) is 13.8 Å². The molecule has 1 N–H and O–H groups in total. The van der Waals surface area contributed by atoms with Crippen molar-refractivity contribution >= 4 is 15.9 Å². The number of nitrogens with zero attached hydrogens (tertiary/aromatic N) is 3. The lowest BCUT2D eigenvalue weighted by molar-refractivity contribution is -0.122. The van der Waals surface area contributed by atoms with Crippen molar-refractivity contribution in [2.24, 2.45) is 5.92 Å². The Kier molecular flexibility index (Phi) is 5.75. The lowest BCUT2D eigenvalue weighted by Gasteiger charge is -2.17. The number of hydrogen-bond donors (Lipinski definition) is 1. The number of aryl methyl sites for hydroxylation is 1. The lowest BCUT2D eigenvalue weighted by Crippen LogP contribution is -2.38. The molecule has 0 fully saturated rings. The zero-order valence-electron chi connectivity index (χ0n) is 14.3. The van der Waals surface area contributed by atoms with E-state index in [1.165, 1.54) is 18.8 Å². The van der Waals surface area contributed by atoms with E-state index in [1.807, 2.05) is 20.8 Å². The van der Waals surface area contributed by atoms with Crippen LogP contribution in [0.5, 0.6) is 0 Å². The van der Waals surface area contributed by atoms with Crippen LogP contribution in [-0.4, -0.2) is 48.5 Å². The number of aromatic nitrogens is 2. The normalized spacial score (nSPS) is 13.7. The first kappa shape index (κ1) is 18.6. The van der Waals surface area contributed by atoms with E-state index in [2.05, 4.69) is 10.4 Å². The molecule has 0 radical (unpaired) electrons. The first-order valence-electron chi connectivity index (χ1n) is 7.24. The van der Waals surface area contributed by atoms with Crippen molar-refractivity contribution in [3.05, 3.63) is 11.4 Å². The Labute approximate surface area is 132 Å². The third-order valence-electron chi connectivity index (χ3n) is 3.74. The quantitative estimate of drug-likeness (QED) is 0.840. The number of sulfonamides is 1. The third kappa shape index (κ3) is 3.86. The summed E-state index contributed by atoms with van der Waals surface area (Å²) in [5.41, 5.74) is 0.870. The Morgan fingerprint density at radius 3 is 2.27 bits per heavy atom.